The van der Waals surface area contributed by atoms with Crippen LogP contribution in [0.3, 0.4) is 0 Å². The Kier molecular flexibility index (Phi) is 21.2. The number of fused-ring (bicyclic) bond motifs is 8. The van der Waals surface area contributed by atoms with Crippen molar-refractivity contribution in [3.8, 4) is 46.0 Å². The maximum absolute atomic E-state index is 12.7. The van der Waals surface area contributed by atoms with Gasteiger partial charge < -0.3 is 59.8 Å². The van der Waals surface area contributed by atoms with Crippen molar-refractivity contribution in [3.63, 3.8) is 0 Å². The molecule has 0 aromatic heterocycles. The summed E-state index contributed by atoms with van der Waals surface area (Å²) in [6, 6.07) is 7.16. The van der Waals surface area contributed by atoms with Crippen LogP contribution in [0.15, 0.2) is 24.3 Å². The molecule has 0 aliphatic heterocycles. The van der Waals surface area contributed by atoms with Gasteiger partial charge in [0.25, 0.3) is 0 Å². The fraction of sp³-hybridized carbons (Fsp3) is 0.600. The lowest BCUT2D eigenvalue weighted by atomic mass is 9.73. The standard InChI is InChI=1S/C60H88O12/c1-13-17-69-29-49-53(61)41-25-42(54(49)62)38(22-34(7)8)44-27-46(58(66)51(56(44)64)31-71-19-15-3)40(24-36(11)12)48-28-47(59(67)52(60(48)68)32-72-20-16-4)39(23-35(9)10)45-26-43(37(41)21-33(5)6)55(63)50(57(45)65)30-70-18-14-2/h25-28,33-40,61-68H,13-24,29-32H2,1-12H3. The van der Waals surface area contributed by atoms with Gasteiger partial charge in [-0.1, -0.05) is 83.1 Å². The van der Waals surface area contributed by atoms with E-state index in [1.807, 2.05) is 27.7 Å². The van der Waals surface area contributed by atoms with Crippen molar-refractivity contribution in [3.05, 3.63) is 91.0 Å². The first-order valence-electron chi connectivity index (χ1n) is 26.8. The van der Waals surface area contributed by atoms with Crippen molar-refractivity contribution < 1.29 is 59.8 Å². The molecular weight excluding hydrogens is 913 g/mol. The summed E-state index contributed by atoms with van der Waals surface area (Å²) in [4.78, 5) is 0. The van der Waals surface area contributed by atoms with Crippen molar-refractivity contribution in [2.75, 3.05) is 26.4 Å². The monoisotopic (exact) mass is 1000 g/mol. The molecule has 72 heavy (non-hydrogen) atoms. The smallest absolute Gasteiger partial charge is 0.128 e. The van der Waals surface area contributed by atoms with Gasteiger partial charge in [0.15, 0.2) is 0 Å². The highest BCUT2D eigenvalue weighted by Crippen LogP contribution is 2.56. The molecule has 0 saturated heterocycles. The van der Waals surface area contributed by atoms with Gasteiger partial charge in [0.2, 0.25) is 0 Å². The lowest BCUT2D eigenvalue weighted by molar-refractivity contribution is 0.117. The zero-order chi connectivity index (χ0) is 53.1. The average molecular weight is 1000 g/mol. The number of phenols is 8. The zero-order valence-electron chi connectivity index (χ0n) is 45.5. The Labute approximate surface area is 430 Å². The van der Waals surface area contributed by atoms with Crippen molar-refractivity contribution in [1.82, 2.24) is 0 Å². The summed E-state index contributed by atoms with van der Waals surface area (Å²) in [5, 5.41) is 101. The van der Waals surface area contributed by atoms with Crippen LogP contribution in [0.1, 0.15) is 225 Å². The molecule has 12 nitrogen and oxygen atoms in total. The molecule has 0 radical (unpaired) electrons. The molecule has 400 valence electrons. The highest BCUT2D eigenvalue weighted by molar-refractivity contribution is 5.67. The van der Waals surface area contributed by atoms with Gasteiger partial charge >= 0.3 is 0 Å². The van der Waals surface area contributed by atoms with Gasteiger partial charge in [0.1, 0.15) is 46.0 Å². The van der Waals surface area contributed by atoms with Crippen LogP contribution >= 0.6 is 0 Å². The summed E-state index contributed by atoms with van der Waals surface area (Å²) in [6.45, 7) is 25.2. The molecule has 0 atom stereocenters. The summed E-state index contributed by atoms with van der Waals surface area (Å²) >= 11 is 0. The van der Waals surface area contributed by atoms with Crippen LogP contribution in [0, 0.1) is 23.7 Å². The molecule has 1 aliphatic rings. The summed E-state index contributed by atoms with van der Waals surface area (Å²) in [6.07, 6.45) is 4.38. The quantitative estimate of drug-likeness (QED) is 0.0310. The fourth-order valence-electron chi connectivity index (χ4n) is 10.6. The first-order valence-corrected chi connectivity index (χ1v) is 26.8. The molecule has 0 amide bonds. The zero-order valence-corrected chi connectivity index (χ0v) is 45.5. The Balaban J connectivity index is 2.17. The summed E-state index contributed by atoms with van der Waals surface area (Å²) in [5.74, 6) is -4.58. The highest BCUT2D eigenvalue weighted by Gasteiger charge is 2.38. The predicted octanol–water partition coefficient (Wildman–Crippen LogP) is 14.1. The third kappa shape index (κ3) is 13.1. The molecular formula is C60H88O12. The third-order valence-corrected chi connectivity index (χ3v) is 13.9. The predicted molar refractivity (Wildman–Crippen MR) is 284 cm³/mol. The minimum Gasteiger partial charge on any atom is -0.507 e. The van der Waals surface area contributed by atoms with Gasteiger partial charge in [-0.3, -0.25) is 0 Å². The second-order valence-electron chi connectivity index (χ2n) is 21.9. The van der Waals surface area contributed by atoms with Crippen LogP contribution in [0.4, 0.5) is 0 Å². The molecule has 0 fully saturated rings. The normalized spacial score (nSPS) is 17.0. The van der Waals surface area contributed by atoms with E-state index >= 15 is 0 Å². The maximum atomic E-state index is 12.7. The summed E-state index contributed by atoms with van der Waals surface area (Å²) in [7, 11) is 0. The Bertz CT molecular complexity index is 1970. The molecule has 0 unspecified atom stereocenters. The number of aromatic hydroxyl groups is 8. The van der Waals surface area contributed by atoms with Gasteiger partial charge in [-0.2, -0.15) is 0 Å². The van der Waals surface area contributed by atoms with Crippen LogP contribution < -0.4 is 0 Å². The van der Waals surface area contributed by atoms with Crippen LogP contribution in [-0.4, -0.2) is 67.3 Å². The van der Waals surface area contributed by atoms with Crippen LogP contribution in [-0.2, 0) is 45.4 Å². The number of hydrogen-bond acceptors (Lipinski definition) is 12. The van der Waals surface area contributed by atoms with Crippen molar-refractivity contribution in [2.45, 2.75) is 185 Å². The number of ether oxygens (including phenoxy) is 4. The largest absolute Gasteiger partial charge is 0.507 e. The van der Waals surface area contributed by atoms with Gasteiger partial charge in [0.05, 0.1) is 48.7 Å². The Morgan fingerprint density at radius 2 is 0.458 bits per heavy atom. The van der Waals surface area contributed by atoms with Gasteiger partial charge in [-0.25, -0.2) is 0 Å². The van der Waals surface area contributed by atoms with E-state index in [1.54, 1.807) is 24.3 Å². The molecule has 1 aliphatic carbocycles. The van der Waals surface area contributed by atoms with E-state index in [4.69, 9.17) is 18.9 Å². The Hall–Kier alpha value is -4.88. The summed E-state index contributed by atoms with van der Waals surface area (Å²) in [5.41, 5.74) is 3.92. The van der Waals surface area contributed by atoms with E-state index in [1.165, 1.54) is 0 Å². The Morgan fingerprint density at radius 1 is 0.306 bits per heavy atom. The fourth-order valence-corrected chi connectivity index (χ4v) is 10.6. The number of benzene rings is 4. The minimum atomic E-state index is -0.745. The average Bonchev–Trinajstić information content (AvgIpc) is 3.31. The molecule has 4 aromatic carbocycles. The van der Waals surface area contributed by atoms with Crippen LogP contribution in [0.2, 0.25) is 0 Å². The van der Waals surface area contributed by atoms with Gasteiger partial charge in [0, 0.05) is 94.6 Å². The molecule has 4 aromatic rings. The van der Waals surface area contributed by atoms with E-state index in [0.29, 0.717) is 122 Å². The second kappa shape index (κ2) is 26.4. The maximum Gasteiger partial charge on any atom is 0.128 e. The first-order chi connectivity index (χ1) is 34.2. The second-order valence-corrected chi connectivity index (χ2v) is 21.9. The van der Waals surface area contributed by atoms with Crippen molar-refractivity contribution in [2.24, 2.45) is 23.7 Å². The van der Waals surface area contributed by atoms with Crippen molar-refractivity contribution in [1.29, 1.82) is 0 Å². The molecule has 8 bridgehead atoms. The summed E-state index contributed by atoms with van der Waals surface area (Å²) < 4.78 is 24.4. The third-order valence-electron chi connectivity index (χ3n) is 13.9. The van der Waals surface area contributed by atoms with E-state index in [-0.39, 0.29) is 118 Å². The van der Waals surface area contributed by atoms with E-state index in [9.17, 15) is 40.9 Å². The van der Waals surface area contributed by atoms with Gasteiger partial charge in [-0.15, -0.1) is 0 Å². The molecule has 5 rings (SSSR count). The minimum absolute atomic E-state index is 0.00643. The highest BCUT2D eigenvalue weighted by atomic mass is 16.5. The number of hydrogen-bond donors (Lipinski definition) is 8. The molecule has 0 saturated carbocycles. The SMILES string of the molecule is CCCOCc1c(O)c2cc(c1O)C(CC(C)C)c1cc(c(O)c(COCCC)c1O)C(CC(C)C)c1cc(c(O)c(COCCC)c1O)C(CC(C)C)c1cc(c(O)c(COCCC)c1O)C2CC(C)C. The molecule has 8 N–H and O–H groups in total. The van der Waals surface area contributed by atoms with Crippen LogP contribution in [0.25, 0.3) is 0 Å². The topological polar surface area (TPSA) is 199 Å². The Morgan fingerprint density at radius 3 is 0.583 bits per heavy atom. The van der Waals surface area contributed by atoms with E-state index in [2.05, 4.69) is 55.4 Å². The number of rotatable bonds is 24. The molecule has 0 spiro atoms. The van der Waals surface area contributed by atoms with Gasteiger partial charge in [-0.05, 0) is 99.3 Å². The van der Waals surface area contributed by atoms with Crippen molar-refractivity contribution >= 4 is 0 Å². The lowest BCUT2D eigenvalue weighted by Crippen LogP contribution is -2.16. The number of phenolic OH excluding ortho intramolecular Hbond substituents is 8. The van der Waals surface area contributed by atoms with Crippen LogP contribution in [0.5, 0.6) is 46.0 Å². The van der Waals surface area contributed by atoms with E-state index in [0.717, 1.165) is 0 Å². The first kappa shape index (κ1) is 58.0. The lowest BCUT2D eigenvalue weighted by Gasteiger charge is -2.33. The van der Waals surface area contributed by atoms with E-state index < -0.39 is 23.7 Å². The molecule has 12 heteroatoms. The molecule has 0 heterocycles.